The Morgan fingerprint density at radius 1 is 0.957 bits per heavy atom. The molecule has 5 nitrogen and oxygen atoms in total. The normalized spacial score (nSPS) is 10.1. The van der Waals surface area contributed by atoms with Crippen LogP contribution in [0.3, 0.4) is 0 Å². The van der Waals surface area contributed by atoms with E-state index in [9.17, 15) is 4.79 Å². The third kappa shape index (κ3) is 3.94. The smallest absolute Gasteiger partial charge is 0.323 e. The number of nitrogens with zero attached hydrogens (tertiary/aromatic N) is 2. The third-order valence-electron chi connectivity index (χ3n) is 3.50. The van der Waals surface area contributed by atoms with Gasteiger partial charge in [-0.3, -0.25) is 4.90 Å². The highest BCUT2D eigenvalue weighted by Gasteiger charge is 2.14. The molecule has 0 radical (unpaired) electrons. The van der Waals surface area contributed by atoms with Crippen molar-refractivity contribution in [1.29, 1.82) is 0 Å². The van der Waals surface area contributed by atoms with Crippen LogP contribution in [0, 0.1) is 6.92 Å². The summed E-state index contributed by atoms with van der Waals surface area (Å²) < 4.78 is 11.0. The maximum atomic E-state index is 12.0. The number of aryl methyl sites for hydroxylation is 1. The van der Waals surface area contributed by atoms with E-state index in [0.717, 1.165) is 28.5 Å². The number of benzene rings is 2. The molecular weight excluding hydrogens is 292 g/mol. The van der Waals surface area contributed by atoms with Crippen LogP contribution in [0.15, 0.2) is 42.5 Å². The monoisotopic (exact) mass is 314 g/mol. The van der Waals surface area contributed by atoms with Gasteiger partial charge in [-0.05, 0) is 55.0 Å². The average molecular weight is 314 g/mol. The van der Waals surface area contributed by atoms with Crippen LogP contribution in [0.25, 0.3) is 0 Å². The molecule has 2 rings (SSSR count). The minimum atomic E-state index is -0.0757. The third-order valence-corrected chi connectivity index (χ3v) is 3.50. The van der Waals surface area contributed by atoms with Crippen LogP contribution in [-0.4, -0.2) is 39.2 Å². The first-order valence-electron chi connectivity index (χ1n) is 7.30. The molecule has 2 aromatic carbocycles. The molecule has 0 aliphatic heterocycles. The van der Waals surface area contributed by atoms with Crippen molar-refractivity contribution in [2.75, 3.05) is 33.2 Å². The first kappa shape index (κ1) is 16.7. The van der Waals surface area contributed by atoms with Crippen molar-refractivity contribution in [2.45, 2.75) is 6.92 Å². The van der Waals surface area contributed by atoms with Gasteiger partial charge in [0.05, 0.1) is 7.11 Å². The van der Waals surface area contributed by atoms with Crippen LogP contribution in [0.4, 0.5) is 10.5 Å². The summed E-state index contributed by atoms with van der Waals surface area (Å²) in [7, 11) is 6.84. The van der Waals surface area contributed by atoms with Gasteiger partial charge < -0.3 is 14.4 Å². The van der Waals surface area contributed by atoms with Gasteiger partial charge in [0.2, 0.25) is 0 Å². The number of carbonyl (C=O) groups is 1. The van der Waals surface area contributed by atoms with Crippen LogP contribution in [0.2, 0.25) is 0 Å². The van der Waals surface area contributed by atoms with Crippen molar-refractivity contribution in [3.8, 4) is 17.2 Å². The molecule has 0 N–H and O–H groups in total. The van der Waals surface area contributed by atoms with Crippen LogP contribution >= 0.6 is 0 Å². The Morgan fingerprint density at radius 3 is 2.09 bits per heavy atom. The number of hydrogen-bond donors (Lipinski definition) is 0. The second-order valence-electron chi connectivity index (χ2n) is 5.46. The Balaban J connectivity index is 2.17. The summed E-state index contributed by atoms with van der Waals surface area (Å²) in [6, 6.07) is 13.0. The number of ether oxygens (including phenoxy) is 2. The highest BCUT2D eigenvalue weighted by molar-refractivity contribution is 5.91. The van der Waals surface area contributed by atoms with Gasteiger partial charge in [-0.15, -0.1) is 0 Å². The molecule has 122 valence electrons. The zero-order chi connectivity index (χ0) is 17.0. The Morgan fingerprint density at radius 2 is 1.57 bits per heavy atom. The van der Waals surface area contributed by atoms with Crippen molar-refractivity contribution < 1.29 is 14.3 Å². The summed E-state index contributed by atoms with van der Waals surface area (Å²) in [5.74, 6) is 2.28. The summed E-state index contributed by atoms with van der Waals surface area (Å²) in [6.07, 6.45) is 0. The zero-order valence-corrected chi connectivity index (χ0v) is 14.2. The van der Waals surface area contributed by atoms with Gasteiger partial charge in [0.1, 0.15) is 17.2 Å². The van der Waals surface area contributed by atoms with E-state index in [2.05, 4.69) is 0 Å². The number of hydrogen-bond acceptors (Lipinski definition) is 3. The summed E-state index contributed by atoms with van der Waals surface area (Å²) in [5, 5.41) is 0. The fourth-order valence-electron chi connectivity index (χ4n) is 2.14. The van der Waals surface area contributed by atoms with Crippen molar-refractivity contribution >= 4 is 11.7 Å². The number of carbonyl (C=O) groups excluding carboxylic acids is 1. The average Bonchev–Trinajstić information content (AvgIpc) is 2.55. The first-order valence-corrected chi connectivity index (χ1v) is 7.30. The molecule has 2 aromatic rings. The summed E-state index contributed by atoms with van der Waals surface area (Å²) in [4.78, 5) is 15.1. The second-order valence-corrected chi connectivity index (χ2v) is 5.46. The van der Waals surface area contributed by atoms with Gasteiger partial charge in [0.25, 0.3) is 0 Å². The summed E-state index contributed by atoms with van der Waals surface area (Å²) >= 11 is 0. The largest absolute Gasteiger partial charge is 0.497 e. The van der Waals surface area contributed by atoms with Gasteiger partial charge in [0.15, 0.2) is 0 Å². The van der Waals surface area contributed by atoms with E-state index < -0.39 is 0 Å². The molecule has 0 heterocycles. The molecule has 0 unspecified atom stereocenters. The quantitative estimate of drug-likeness (QED) is 0.859. The van der Waals surface area contributed by atoms with E-state index >= 15 is 0 Å². The predicted molar refractivity (Wildman–Crippen MR) is 91.7 cm³/mol. The van der Waals surface area contributed by atoms with Crippen LogP contribution in [-0.2, 0) is 0 Å². The minimum absolute atomic E-state index is 0.0757. The molecule has 0 bridgehead atoms. The maximum absolute atomic E-state index is 12.0. The maximum Gasteiger partial charge on any atom is 0.323 e. The highest BCUT2D eigenvalue weighted by atomic mass is 16.5. The molecule has 23 heavy (non-hydrogen) atoms. The van der Waals surface area contributed by atoms with Crippen LogP contribution < -0.4 is 14.4 Å². The number of methoxy groups -OCH3 is 1. The second kappa shape index (κ2) is 7.05. The standard InChI is InChI=1S/C18H22N2O3/c1-13-12-14(20(4)18(21)19(2)3)6-11-17(13)23-16-9-7-15(22-5)8-10-16/h6-12H,1-5H3. The number of rotatable bonds is 4. The van der Waals surface area contributed by atoms with Crippen molar-refractivity contribution in [3.63, 3.8) is 0 Å². The van der Waals surface area contributed by atoms with E-state index in [1.54, 1.807) is 33.2 Å². The molecular formula is C18H22N2O3. The van der Waals surface area contributed by atoms with Crippen molar-refractivity contribution in [1.82, 2.24) is 4.90 Å². The molecule has 0 aliphatic rings. The lowest BCUT2D eigenvalue weighted by Gasteiger charge is -2.22. The molecule has 0 spiro atoms. The molecule has 0 fully saturated rings. The minimum Gasteiger partial charge on any atom is -0.497 e. The van der Waals surface area contributed by atoms with Gasteiger partial charge in [-0.1, -0.05) is 0 Å². The Labute approximate surface area is 137 Å². The lowest BCUT2D eigenvalue weighted by molar-refractivity contribution is 0.225. The van der Waals surface area contributed by atoms with Crippen LogP contribution in [0.1, 0.15) is 5.56 Å². The Hall–Kier alpha value is -2.69. The summed E-state index contributed by atoms with van der Waals surface area (Å²) in [6.45, 7) is 1.95. The molecule has 2 amide bonds. The predicted octanol–water partition coefficient (Wildman–Crippen LogP) is 3.91. The fourth-order valence-corrected chi connectivity index (χ4v) is 2.14. The molecule has 0 aromatic heterocycles. The van der Waals surface area contributed by atoms with E-state index in [1.807, 2.05) is 49.4 Å². The van der Waals surface area contributed by atoms with Gasteiger partial charge in [-0.2, -0.15) is 0 Å². The van der Waals surface area contributed by atoms with Gasteiger partial charge in [0, 0.05) is 26.8 Å². The molecule has 0 aliphatic carbocycles. The number of anilines is 1. The topological polar surface area (TPSA) is 42.0 Å². The summed E-state index contributed by atoms with van der Waals surface area (Å²) in [5.41, 5.74) is 1.78. The molecule has 0 saturated carbocycles. The van der Waals surface area contributed by atoms with Gasteiger partial charge >= 0.3 is 6.03 Å². The fraction of sp³-hybridized carbons (Fsp3) is 0.278. The molecule has 0 saturated heterocycles. The Bertz CT molecular complexity index is 681. The van der Waals surface area contributed by atoms with Gasteiger partial charge in [-0.25, -0.2) is 4.79 Å². The SMILES string of the molecule is COc1ccc(Oc2ccc(N(C)C(=O)N(C)C)cc2C)cc1. The first-order chi connectivity index (χ1) is 10.9. The van der Waals surface area contributed by atoms with Crippen LogP contribution in [0.5, 0.6) is 17.2 Å². The van der Waals surface area contributed by atoms with E-state index in [1.165, 1.54) is 4.90 Å². The lowest BCUT2D eigenvalue weighted by atomic mass is 10.2. The molecule has 5 heteroatoms. The van der Waals surface area contributed by atoms with E-state index in [-0.39, 0.29) is 6.03 Å². The lowest BCUT2D eigenvalue weighted by Crippen LogP contribution is -2.36. The molecule has 0 atom stereocenters. The van der Waals surface area contributed by atoms with Crippen molar-refractivity contribution in [3.05, 3.63) is 48.0 Å². The Kier molecular flexibility index (Phi) is 5.11. The highest BCUT2D eigenvalue weighted by Crippen LogP contribution is 2.29. The van der Waals surface area contributed by atoms with E-state index in [4.69, 9.17) is 9.47 Å². The number of urea groups is 1. The van der Waals surface area contributed by atoms with Crippen molar-refractivity contribution in [2.24, 2.45) is 0 Å². The number of amides is 2. The zero-order valence-electron chi connectivity index (χ0n) is 14.2. The van der Waals surface area contributed by atoms with E-state index in [0.29, 0.717) is 0 Å².